The first kappa shape index (κ1) is 13.9. The van der Waals surface area contributed by atoms with E-state index in [-0.39, 0.29) is 0 Å². The Morgan fingerprint density at radius 2 is 1.95 bits per heavy atom. The Bertz CT molecular complexity index is 771. The van der Waals surface area contributed by atoms with Gasteiger partial charge in [-0.1, -0.05) is 12.1 Å². The molecule has 0 fully saturated rings. The predicted molar refractivity (Wildman–Crippen MR) is 80.2 cm³/mol. The summed E-state index contributed by atoms with van der Waals surface area (Å²) in [6.07, 6.45) is 1.65. The van der Waals surface area contributed by atoms with Crippen molar-refractivity contribution in [3.8, 4) is 11.5 Å². The Morgan fingerprint density at radius 1 is 1.19 bits per heavy atom. The molecule has 0 aliphatic rings. The number of hydrogen-bond acceptors (Lipinski definition) is 3. The van der Waals surface area contributed by atoms with Crippen LogP contribution >= 0.6 is 15.9 Å². The van der Waals surface area contributed by atoms with E-state index in [1.54, 1.807) is 19.4 Å². The van der Waals surface area contributed by atoms with Crippen LogP contribution in [0.1, 0.15) is 5.56 Å². The quantitative estimate of drug-likeness (QED) is 0.717. The number of halogens is 2. The van der Waals surface area contributed by atoms with Crippen molar-refractivity contribution in [2.75, 3.05) is 7.11 Å². The first-order chi connectivity index (χ1) is 10.2. The standard InChI is InChI=1S/C15H12BrFN2O2/c1-20-11-4-2-10(3-5-11)9-21-12-6-13(16)14-7-15(17)18-19(14)8-12/h2-8H,9H2,1H3. The molecule has 0 bridgehead atoms. The largest absolute Gasteiger partial charge is 0.497 e. The van der Waals surface area contributed by atoms with Crippen molar-refractivity contribution in [3.05, 3.63) is 58.6 Å². The maximum Gasteiger partial charge on any atom is 0.233 e. The maximum atomic E-state index is 13.2. The highest BCUT2D eigenvalue weighted by Crippen LogP contribution is 2.25. The van der Waals surface area contributed by atoms with Crippen LogP contribution in [0.3, 0.4) is 0 Å². The SMILES string of the molecule is COc1ccc(COc2cc(Br)c3cc(F)nn3c2)cc1. The Labute approximate surface area is 129 Å². The fraction of sp³-hybridized carbons (Fsp3) is 0.133. The van der Waals surface area contributed by atoms with Crippen LogP contribution in [0.15, 0.2) is 47.1 Å². The third kappa shape index (κ3) is 3.00. The summed E-state index contributed by atoms with van der Waals surface area (Å²) in [5.41, 5.74) is 1.67. The van der Waals surface area contributed by atoms with Gasteiger partial charge in [-0.2, -0.15) is 4.39 Å². The minimum absolute atomic E-state index is 0.408. The molecule has 0 atom stereocenters. The number of rotatable bonds is 4. The van der Waals surface area contributed by atoms with Gasteiger partial charge in [0.25, 0.3) is 0 Å². The van der Waals surface area contributed by atoms with E-state index in [4.69, 9.17) is 9.47 Å². The van der Waals surface area contributed by atoms with Crippen LogP contribution in [0, 0.1) is 5.95 Å². The number of benzene rings is 1. The van der Waals surface area contributed by atoms with Gasteiger partial charge in [0.2, 0.25) is 5.95 Å². The van der Waals surface area contributed by atoms with Crippen molar-refractivity contribution < 1.29 is 13.9 Å². The maximum absolute atomic E-state index is 13.2. The molecule has 0 aliphatic heterocycles. The first-order valence-electron chi connectivity index (χ1n) is 6.26. The Balaban J connectivity index is 1.77. The van der Waals surface area contributed by atoms with E-state index in [9.17, 15) is 4.39 Å². The zero-order chi connectivity index (χ0) is 14.8. The Kier molecular flexibility index (Phi) is 3.79. The third-order valence-corrected chi connectivity index (χ3v) is 3.67. The molecule has 1 aromatic carbocycles. The van der Waals surface area contributed by atoms with E-state index < -0.39 is 5.95 Å². The van der Waals surface area contributed by atoms with Crippen LogP contribution in [0.4, 0.5) is 4.39 Å². The van der Waals surface area contributed by atoms with Crippen LogP contribution < -0.4 is 9.47 Å². The molecule has 3 aromatic rings. The topological polar surface area (TPSA) is 35.8 Å². The number of fused-ring (bicyclic) bond motifs is 1. The Morgan fingerprint density at radius 3 is 2.67 bits per heavy atom. The molecule has 2 heterocycles. The van der Waals surface area contributed by atoms with Crippen molar-refractivity contribution in [1.29, 1.82) is 0 Å². The lowest BCUT2D eigenvalue weighted by molar-refractivity contribution is 0.303. The van der Waals surface area contributed by atoms with Crippen molar-refractivity contribution in [2.24, 2.45) is 0 Å². The van der Waals surface area contributed by atoms with Gasteiger partial charge in [0.15, 0.2) is 0 Å². The van der Waals surface area contributed by atoms with E-state index >= 15 is 0 Å². The molecule has 0 aliphatic carbocycles. The number of nitrogens with zero attached hydrogens (tertiary/aromatic N) is 2. The van der Waals surface area contributed by atoms with E-state index in [1.807, 2.05) is 24.3 Å². The second kappa shape index (κ2) is 5.73. The van der Waals surface area contributed by atoms with Crippen molar-refractivity contribution >= 4 is 21.4 Å². The van der Waals surface area contributed by atoms with Gasteiger partial charge in [-0.15, -0.1) is 5.10 Å². The monoisotopic (exact) mass is 350 g/mol. The van der Waals surface area contributed by atoms with Crippen molar-refractivity contribution in [3.63, 3.8) is 0 Å². The van der Waals surface area contributed by atoms with Crippen LogP contribution in [-0.2, 0) is 6.61 Å². The Hall–Kier alpha value is -2.08. The number of methoxy groups -OCH3 is 1. The molecular weight excluding hydrogens is 339 g/mol. The lowest BCUT2D eigenvalue weighted by Gasteiger charge is -2.08. The summed E-state index contributed by atoms with van der Waals surface area (Å²) in [6.45, 7) is 0.408. The van der Waals surface area contributed by atoms with Gasteiger partial charge in [-0.3, -0.25) is 0 Å². The lowest BCUT2D eigenvalue weighted by atomic mass is 10.2. The summed E-state index contributed by atoms with van der Waals surface area (Å²) in [4.78, 5) is 0. The molecule has 0 amide bonds. The zero-order valence-corrected chi connectivity index (χ0v) is 12.8. The van der Waals surface area contributed by atoms with Crippen LogP contribution in [0.5, 0.6) is 11.5 Å². The van der Waals surface area contributed by atoms with E-state index in [0.29, 0.717) is 17.9 Å². The molecule has 2 aromatic heterocycles. The molecule has 0 radical (unpaired) electrons. The fourth-order valence-electron chi connectivity index (χ4n) is 1.97. The second-order valence-corrected chi connectivity index (χ2v) is 5.31. The van der Waals surface area contributed by atoms with E-state index in [1.165, 1.54) is 10.6 Å². The van der Waals surface area contributed by atoms with Gasteiger partial charge < -0.3 is 9.47 Å². The van der Waals surface area contributed by atoms with Gasteiger partial charge in [0.1, 0.15) is 18.1 Å². The highest BCUT2D eigenvalue weighted by atomic mass is 79.9. The van der Waals surface area contributed by atoms with Gasteiger partial charge in [0, 0.05) is 10.5 Å². The van der Waals surface area contributed by atoms with Crippen LogP contribution in [0.25, 0.3) is 5.52 Å². The molecule has 6 heteroatoms. The summed E-state index contributed by atoms with van der Waals surface area (Å²) < 4.78 is 26.1. The highest BCUT2D eigenvalue weighted by Gasteiger charge is 2.07. The molecule has 4 nitrogen and oxygen atoms in total. The normalized spacial score (nSPS) is 10.8. The molecule has 0 N–H and O–H groups in total. The van der Waals surface area contributed by atoms with Crippen LogP contribution in [0.2, 0.25) is 0 Å². The number of ether oxygens (including phenoxy) is 2. The number of pyridine rings is 1. The molecule has 108 valence electrons. The molecule has 21 heavy (non-hydrogen) atoms. The second-order valence-electron chi connectivity index (χ2n) is 4.46. The average Bonchev–Trinajstić information content (AvgIpc) is 2.87. The smallest absolute Gasteiger partial charge is 0.233 e. The highest BCUT2D eigenvalue weighted by molar-refractivity contribution is 9.10. The van der Waals surface area contributed by atoms with Gasteiger partial charge in [-0.05, 0) is 39.7 Å². The zero-order valence-electron chi connectivity index (χ0n) is 11.2. The van der Waals surface area contributed by atoms with Gasteiger partial charge in [-0.25, -0.2) is 4.52 Å². The molecule has 3 rings (SSSR count). The summed E-state index contributed by atoms with van der Waals surface area (Å²) in [5, 5.41) is 3.74. The number of aromatic nitrogens is 2. The van der Waals surface area contributed by atoms with Crippen LogP contribution in [-0.4, -0.2) is 16.7 Å². The van der Waals surface area contributed by atoms with Gasteiger partial charge in [0.05, 0.1) is 18.8 Å². The average molecular weight is 351 g/mol. The van der Waals surface area contributed by atoms with E-state index in [0.717, 1.165) is 15.8 Å². The summed E-state index contributed by atoms with van der Waals surface area (Å²) in [5.74, 6) is 0.881. The van der Waals surface area contributed by atoms with E-state index in [2.05, 4.69) is 21.0 Å². The lowest BCUT2D eigenvalue weighted by Crippen LogP contribution is -1.98. The molecule has 0 spiro atoms. The fourth-order valence-corrected chi connectivity index (χ4v) is 2.49. The van der Waals surface area contributed by atoms with Crippen molar-refractivity contribution in [1.82, 2.24) is 9.61 Å². The summed E-state index contributed by atoms with van der Waals surface area (Å²) in [7, 11) is 1.63. The minimum atomic E-state index is -0.525. The van der Waals surface area contributed by atoms with Crippen molar-refractivity contribution in [2.45, 2.75) is 6.61 Å². The van der Waals surface area contributed by atoms with Gasteiger partial charge >= 0.3 is 0 Å². The number of hydrogen-bond donors (Lipinski definition) is 0. The first-order valence-corrected chi connectivity index (χ1v) is 7.05. The molecule has 0 unspecified atom stereocenters. The summed E-state index contributed by atoms with van der Waals surface area (Å²) in [6, 6.07) is 10.8. The minimum Gasteiger partial charge on any atom is -0.497 e. The molecule has 0 saturated carbocycles. The molecule has 0 saturated heterocycles. The molecular formula is C15H12BrFN2O2. The third-order valence-electron chi connectivity index (χ3n) is 3.03. The summed E-state index contributed by atoms with van der Waals surface area (Å²) >= 11 is 3.38. The predicted octanol–water partition coefficient (Wildman–Crippen LogP) is 3.82.